The van der Waals surface area contributed by atoms with E-state index >= 15 is 0 Å². The molecule has 0 atom stereocenters. The number of nitrogens with zero attached hydrogens (tertiary/aromatic N) is 1. The maximum absolute atomic E-state index is 8.82. The predicted molar refractivity (Wildman–Crippen MR) is 53.5 cm³/mol. The number of rotatable bonds is 3. The van der Waals surface area contributed by atoms with Crippen LogP contribution >= 0.6 is 0 Å². The van der Waals surface area contributed by atoms with Gasteiger partial charge >= 0.3 is 0 Å². The van der Waals surface area contributed by atoms with Gasteiger partial charge < -0.3 is 9.47 Å². The molecule has 0 N–H and O–H groups in total. The zero-order valence-corrected chi connectivity index (χ0v) is 8.57. The summed E-state index contributed by atoms with van der Waals surface area (Å²) in [4.78, 5) is 0. The fourth-order valence-electron chi connectivity index (χ4n) is 1.16. The van der Waals surface area contributed by atoms with E-state index in [0.29, 0.717) is 17.1 Å². The van der Waals surface area contributed by atoms with Crippen molar-refractivity contribution >= 4 is 0 Å². The normalized spacial score (nSPS) is 9.64. The largest absolute Gasteiger partial charge is 0.492 e. The Balaban J connectivity index is 3.10. The van der Waals surface area contributed by atoms with E-state index in [2.05, 4.69) is 6.07 Å². The molecule has 0 unspecified atom stereocenters. The third kappa shape index (κ3) is 2.17. The SMILES string of the molecule is COc1c(C#N)cccc1OC(C)C. The molecule has 0 aliphatic carbocycles. The van der Waals surface area contributed by atoms with Gasteiger partial charge in [0.05, 0.1) is 18.8 Å². The highest BCUT2D eigenvalue weighted by Gasteiger charge is 2.10. The molecule has 0 aromatic heterocycles. The lowest BCUT2D eigenvalue weighted by Crippen LogP contribution is -2.07. The van der Waals surface area contributed by atoms with Crippen LogP contribution in [0.3, 0.4) is 0 Å². The van der Waals surface area contributed by atoms with Crippen LogP contribution in [0.1, 0.15) is 19.4 Å². The summed E-state index contributed by atoms with van der Waals surface area (Å²) in [6, 6.07) is 7.32. The Morgan fingerprint density at radius 1 is 1.36 bits per heavy atom. The van der Waals surface area contributed by atoms with Crippen LogP contribution in [0.4, 0.5) is 0 Å². The fourth-order valence-corrected chi connectivity index (χ4v) is 1.16. The van der Waals surface area contributed by atoms with Gasteiger partial charge in [-0.15, -0.1) is 0 Å². The summed E-state index contributed by atoms with van der Waals surface area (Å²) in [7, 11) is 1.53. The van der Waals surface area contributed by atoms with Gasteiger partial charge in [-0.2, -0.15) is 5.26 Å². The van der Waals surface area contributed by atoms with Crippen molar-refractivity contribution in [2.75, 3.05) is 7.11 Å². The van der Waals surface area contributed by atoms with E-state index in [0.717, 1.165) is 0 Å². The topological polar surface area (TPSA) is 42.2 Å². The van der Waals surface area contributed by atoms with Crippen LogP contribution in [0.15, 0.2) is 18.2 Å². The maximum atomic E-state index is 8.82. The van der Waals surface area contributed by atoms with Crippen molar-refractivity contribution in [3.05, 3.63) is 23.8 Å². The van der Waals surface area contributed by atoms with Crippen molar-refractivity contribution in [1.29, 1.82) is 5.26 Å². The van der Waals surface area contributed by atoms with Crippen molar-refractivity contribution in [2.45, 2.75) is 20.0 Å². The number of hydrogen-bond acceptors (Lipinski definition) is 3. The molecule has 1 aromatic carbocycles. The van der Waals surface area contributed by atoms with E-state index in [4.69, 9.17) is 14.7 Å². The molecule has 0 saturated heterocycles. The number of nitriles is 1. The average molecular weight is 191 g/mol. The van der Waals surface area contributed by atoms with Gasteiger partial charge in [-0.05, 0) is 26.0 Å². The van der Waals surface area contributed by atoms with Crippen LogP contribution in [-0.2, 0) is 0 Å². The molecule has 0 radical (unpaired) electrons. The van der Waals surface area contributed by atoms with Gasteiger partial charge in [0, 0.05) is 0 Å². The van der Waals surface area contributed by atoms with Gasteiger partial charge in [-0.3, -0.25) is 0 Å². The molecular formula is C11H13NO2. The summed E-state index contributed by atoms with van der Waals surface area (Å²) in [5.74, 6) is 1.12. The van der Waals surface area contributed by atoms with Crippen molar-refractivity contribution < 1.29 is 9.47 Å². The molecule has 0 heterocycles. The highest BCUT2D eigenvalue weighted by Crippen LogP contribution is 2.30. The van der Waals surface area contributed by atoms with Gasteiger partial charge in [0.25, 0.3) is 0 Å². The first-order chi connectivity index (χ1) is 6.69. The molecule has 0 saturated carbocycles. The van der Waals surface area contributed by atoms with Gasteiger partial charge in [-0.25, -0.2) is 0 Å². The van der Waals surface area contributed by atoms with Crippen molar-refractivity contribution in [2.24, 2.45) is 0 Å². The van der Waals surface area contributed by atoms with E-state index in [9.17, 15) is 0 Å². The highest BCUT2D eigenvalue weighted by atomic mass is 16.5. The van der Waals surface area contributed by atoms with Gasteiger partial charge in [0.1, 0.15) is 6.07 Å². The average Bonchev–Trinajstić information content (AvgIpc) is 2.16. The van der Waals surface area contributed by atoms with E-state index < -0.39 is 0 Å². The molecule has 0 amide bonds. The third-order valence-electron chi connectivity index (χ3n) is 1.67. The first-order valence-corrected chi connectivity index (χ1v) is 4.42. The van der Waals surface area contributed by atoms with Crippen LogP contribution < -0.4 is 9.47 Å². The summed E-state index contributed by atoms with van der Waals surface area (Å²) < 4.78 is 10.6. The molecule has 0 bridgehead atoms. The second kappa shape index (κ2) is 4.52. The smallest absolute Gasteiger partial charge is 0.178 e. The predicted octanol–water partition coefficient (Wildman–Crippen LogP) is 2.35. The molecule has 14 heavy (non-hydrogen) atoms. The van der Waals surface area contributed by atoms with Crippen LogP contribution in [0.5, 0.6) is 11.5 Å². The Labute approximate surface area is 83.9 Å². The molecular weight excluding hydrogens is 178 g/mol. The standard InChI is InChI=1S/C11H13NO2/c1-8(2)14-10-6-4-5-9(7-12)11(10)13-3/h4-6,8H,1-3H3. The van der Waals surface area contributed by atoms with Crippen molar-refractivity contribution in [3.63, 3.8) is 0 Å². The lowest BCUT2D eigenvalue weighted by Gasteiger charge is -2.13. The van der Waals surface area contributed by atoms with E-state index in [-0.39, 0.29) is 6.10 Å². The maximum Gasteiger partial charge on any atom is 0.178 e. The summed E-state index contributed by atoms with van der Waals surface area (Å²) in [6.45, 7) is 3.86. The molecule has 1 rings (SSSR count). The van der Waals surface area contributed by atoms with Crippen LogP contribution in [-0.4, -0.2) is 13.2 Å². The second-order valence-electron chi connectivity index (χ2n) is 3.12. The van der Waals surface area contributed by atoms with Gasteiger partial charge in [0.2, 0.25) is 0 Å². The Bertz CT molecular complexity index is 353. The minimum atomic E-state index is 0.0674. The Kier molecular flexibility index (Phi) is 3.35. The van der Waals surface area contributed by atoms with Crippen molar-refractivity contribution in [1.82, 2.24) is 0 Å². The Morgan fingerprint density at radius 3 is 2.57 bits per heavy atom. The Morgan fingerprint density at radius 2 is 2.07 bits per heavy atom. The number of ether oxygens (including phenoxy) is 2. The molecule has 3 heteroatoms. The lowest BCUT2D eigenvalue weighted by molar-refractivity contribution is 0.230. The zero-order valence-electron chi connectivity index (χ0n) is 8.57. The molecule has 3 nitrogen and oxygen atoms in total. The first-order valence-electron chi connectivity index (χ1n) is 4.42. The monoisotopic (exact) mass is 191 g/mol. The molecule has 0 fully saturated rings. The summed E-state index contributed by atoms with van der Waals surface area (Å²) in [5.41, 5.74) is 0.491. The molecule has 0 aliphatic rings. The first kappa shape index (κ1) is 10.4. The second-order valence-corrected chi connectivity index (χ2v) is 3.12. The minimum Gasteiger partial charge on any atom is -0.492 e. The summed E-state index contributed by atoms with van der Waals surface area (Å²) in [6.07, 6.45) is 0.0674. The van der Waals surface area contributed by atoms with Gasteiger partial charge in [-0.1, -0.05) is 6.07 Å². The zero-order chi connectivity index (χ0) is 10.6. The molecule has 74 valence electrons. The summed E-state index contributed by atoms with van der Waals surface area (Å²) in [5, 5.41) is 8.82. The number of para-hydroxylation sites is 1. The van der Waals surface area contributed by atoms with E-state index in [1.165, 1.54) is 7.11 Å². The molecule has 0 aliphatic heterocycles. The molecule has 1 aromatic rings. The molecule has 0 spiro atoms. The van der Waals surface area contributed by atoms with Gasteiger partial charge in [0.15, 0.2) is 11.5 Å². The quantitative estimate of drug-likeness (QED) is 0.736. The highest BCUT2D eigenvalue weighted by molar-refractivity contribution is 5.52. The van der Waals surface area contributed by atoms with Crippen molar-refractivity contribution in [3.8, 4) is 17.6 Å². The van der Waals surface area contributed by atoms with Crippen LogP contribution in [0, 0.1) is 11.3 Å². The Hall–Kier alpha value is -1.69. The van der Waals surface area contributed by atoms with Crippen LogP contribution in [0.2, 0.25) is 0 Å². The third-order valence-corrected chi connectivity index (χ3v) is 1.67. The van der Waals surface area contributed by atoms with E-state index in [1.54, 1.807) is 18.2 Å². The number of benzene rings is 1. The summed E-state index contributed by atoms with van der Waals surface area (Å²) >= 11 is 0. The lowest BCUT2D eigenvalue weighted by atomic mass is 10.2. The van der Waals surface area contributed by atoms with E-state index in [1.807, 2.05) is 13.8 Å². The number of methoxy groups -OCH3 is 1. The van der Waals surface area contributed by atoms with Crippen LogP contribution in [0.25, 0.3) is 0 Å². The minimum absolute atomic E-state index is 0.0674. The number of hydrogen-bond donors (Lipinski definition) is 0. The fraction of sp³-hybridized carbons (Fsp3) is 0.364.